The number of fused-ring (bicyclic) bond motifs is 1. The predicted octanol–water partition coefficient (Wildman–Crippen LogP) is 1.77. The lowest BCUT2D eigenvalue weighted by Crippen LogP contribution is -2.07. The number of carboxylic acid groups (broad SMARTS) is 1. The maximum atomic E-state index is 10.9. The lowest BCUT2D eigenvalue weighted by Gasteiger charge is -2.06. The highest BCUT2D eigenvalue weighted by molar-refractivity contribution is 5.85. The molecule has 94 valence electrons. The molecular weight excluding hydrogens is 234 g/mol. The van der Waals surface area contributed by atoms with E-state index in [-0.39, 0.29) is 12.8 Å². The molecule has 0 atom stereocenters. The molecule has 0 radical (unpaired) electrons. The fraction of sp³-hybridized carbons (Fsp3) is 0.308. The Kier molecular flexibility index (Phi) is 2.77. The maximum Gasteiger partial charge on any atom is 0.323 e. The Labute approximate surface area is 104 Å². The van der Waals surface area contributed by atoms with E-state index in [1.165, 1.54) is 0 Å². The van der Waals surface area contributed by atoms with Gasteiger partial charge in [-0.2, -0.15) is 0 Å². The van der Waals surface area contributed by atoms with Crippen LogP contribution in [0.2, 0.25) is 0 Å². The number of benzene rings is 1. The molecule has 1 saturated heterocycles. The first kappa shape index (κ1) is 11.3. The molecule has 0 spiro atoms. The summed E-state index contributed by atoms with van der Waals surface area (Å²) < 4.78 is 12.7. The van der Waals surface area contributed by atoms with Gasteiger partial charge in [-0.25, -0.2) is 0 Å². The van der Waals surface area contributed by atoms with E-state index >= 15 is 0 Å². The Morgan fingerprint density at radius 1 is 1.33 bits per heavy atom. The van der Waals surface area contributed by atoms with E-state index in [0.717, 1.165) is 16.5 Å². The number of rotatable bonds is 3. The molecule has 0 amide bonds. The van der Waals surface area contributed by atoms with Gasteiger partial charge in [0.25, 0.3) is 0 Å². The van der Waals surface area contributed by atoms with Crippen molar-refractivity contribution in [2.75, 3.05) is 13.2 Å². The first-order valence-electron chi connectivity index (χ1n) is 5.78. The number of aliphatic carboxylic acids is 1. The Hall–Kier alpha value is -1.85. The molecule has 0 aliphatic carbocycles. The molecule has 0 saturated carbocycles. The number of carboxylic acids is 1. The molecule has 2 aromatic rings. The first-order chi connectivity index (χ1) is 8.75. The molecule has 0 unspecified atom stereocenters. The Morgan fingerprint density at radius 2 is 2.06 bits per heavy atom. The van der Waals surface area contributed by atoms with E-state index in [1.807, 2.05) is 24.3 Å². The van der Waals surface area contributed by atoms with Crippen molar-refractivity contribution in [1.29, 1.82) is 0 Å². The zero-order chi connectivity index (χ0) is 12.5. The molecule has 1 aromatic heterocycles. The Balaban J connectivity index is 2.10. The topological polar surface area (TPSA) is 60.7 Å². The molecule has 1 aliphatic heterocycles. The van der Waals surface area contributed by atoms with Crippen LogP contribution in [-0.4, -0.2) is 28.9 Å². The molecule has 0 bridgehead atoms. The molecule has 18 heavy (non-hydrogen) atoms. The van der Waals surface area contributed by atoms with Crippen LogP contribution in [0.5, 0.6) is 0 Å². The van der Waals surface area contributed by atoms with Crippen LogP contribution in [0.25, 0.3) is 10.9 Å². The summed E-state index contributed by atoms with van der Waals surface area (Å²) in [4.78, 5) is 10.9. The van der Waals surface area contributed by atoms with Crippen molar-refractivity contribution in [3.8, 4) is 0 Å². The minimum atomic E-state index is -0.865. The van der Waals surface area contributed by atoms with Gasteiger partial charge in [-0.05, 0) is 6.07 Å². The number of para-hydroxylation sites is 1. The second kappa shape index (κ2) is 4.44. The smallest absolute Gasteiger partial charge is 0.323 e. The summed E-state index contributed by atoms with van der Waals surface area (Å²) in [6, 6.07) is 7.66. The lowest BCUT2D eigenvalue weighted by atomic mass is 10.2. The number of ether oxygens (including phenoxy) is 2. The van der Waals surface area contributed by atoms with Gasteiger partial charge in [-0.15, -0.1) is 0 Å². The molecular formula is C13H13NO4. The molecule has 5 heteroatoms. The van der Waals surface area contributed by atoms with E-state index < -0.39 is 5.97 Å². The SMILES string of the molecule is O=C(O)Cn1cc(C2OCCO2)c2ccccc21. The van der Waals surface area contributed by atoms with Crippen molar-refractivity contribution < 1.29 is 19.4 Å². The highest BCUT2D eigenvalue weighted by atomic mass is 16.7. The average Bonchev–Trinajstić information content (AvgIpc) is 2.96. The molecule has 3 rings (SSSR count). The van der Waals surface area contributed by atoms with Gasteiger partial charge in [0.1, 0.15) is 6.54 Å². The van der Waals surface area contributed by atoms with Crippen LogP contribution in [0.4, 0.5) is 0 Å². The van der Waals surface area contributed by atoms with Crippen LogP contribution in [0.3, 0.4) is 0 Å². The van der Waals surface area contributed by atoms with Gasteiger partial charge < -0.3 is 19.1 Å². The third-order valence-corrected chi connectivity index (χ3v) is 3.00. The maximum absolute atomic E-state index is 10.9. The minimum absolute atomic E-state index is 0.0623. The highest BCUT2D eigenvalue weighted by Gasteiger charge is 2.23. The minimum Gasteiger partial charge on any atom is -0.480 e. The summed E-state index contributed by atoms with van der Waals surface area (Å²) in [6.07, 6.45) is 1.42. The van der Waals surface area contributed by atoms with Crippen molar-refractivity contribution in [3.63, 3.8) is 0 Å². The van der Waals surface area contributed by atoms with Crippen LogP contribution in [-0.2, 0) is 20.8 Å². The molecule has 1 aliphatic rings. The summed E-state index contributed by atoms with van der Waals surface area (Å²) in [5.41, 5.74) is 1.78. The van der Waals surface area contributed by atoms with Crippen molar-refractivity contribution in [3.05, 3.63) is 36.0 Å². The summed E-state index contributed by atoms with van der Waals surface area (Å²) in [5.74, 6) is -0.865. The second-order valence-corrected chi connectivity index (χ2v) is 4.20. The third-order valence-electron chi connectivity index (χ3n) is 3.00. The normalized spacial score (nSPS) is 16.4. The first-order valence-corrected chi connectivity index (χ1v) is 5.78. The number of hydrogen-bond acceptors (Lipinski definition) is 3. The summed E-state index contributed by atoms with van der Waals surface area (Å²) in [6.45, 7) is 1.08. The largest absolute Gasteiger partial charge is 0.480 e. The van der Waals surface area contributed by atoms with Gasteiger partial charge in [-0.1, -0.05) is 18.2 Å². The van der Waals surface area contributed by atoms with Crippen LogP contribution in [0.1, 0.15) is 11.9 Å². The number of hydrogen-bond donors (Lipinski definition) is 1. The average molecular weight is 247 g/mol. The van der Waals surface area contributed by atoms with E-state index in [2.05, 4.69) is 0 Å². The van der Waals surface area contributed by atoms with Crippen LogP contribution in [0.15, 0.2) is 30.5 Å². The van der Waals surface area contributed by atoms with Crippen molar-refractivity contribution in [1.82, 2.24) is 4.57 Å². The molecule has 2 heterocycles. The highest BCUT2D eigenvalue weighted by Crippen LogP contribution is 2.31. The Morgan fingerprint density at radius 3 is 2.78 bits per heavy atom. The van der Waals surface area contributed by atoms with Gasteiger partial charge in [0.05, 0.1) is 13.2 Å². The van der Waals surface area contributed by atoms with Gasteiger partial charge in [-0.3, -0.25) is 4.79 Å². The summed E-state index contributed by atoms with van der Waals surface area (Å²) in [5, 5.41) is 9.90. The lowest BCUT2D eigenvalue weighted by molar-refractivity contribution is -0.137. The standard InChI is InChI=1S/C13H13NO4/c15-12(16)8-14-7-10(13-17-5-6-18-13)9-3-1-2-4-11(9)14/h1-4,7,13H,5-6,8H2,(H,15,16). The summed E-state index contributed by atoms with van der Waals surface area (Å²) in [7, 11) is 0. The van der Waals surface area contributed by atoms with E-state index in [4.69, 9.17) is 14.6 Å². The predicted molar refractivity (Wildman–Crippen MR) is 64.2 cm³/mol. The van der Waals surface area contributed by atoms with Crippen LogP contribution < -0.4 is 0 Å². The molecule has 5 nitrogen and oxygen atoms in total. The van der Waals surface area contributed by atoms with Crippen LogP contribution >= 0.6 is 0 Å². The van der Waals surface area contributed by atoms with Crippen molar-refractivity contribution >= 4 is 16.9 Å². The third kappa shape index (κ3) is 1.87. The Bertz CT molecular complexity index is 584. The quantitative estimate of drug-likeness (QED) is 0.898. The number of nitrogens with zero attached hydrogens (tertiary/aromatic N) is 1. The number of aromatic nitrogens is 1. The van der Waals surface area contributed by atoms with Gasteiger partial charge in [0, 0.05) is 22.7 Å². The zero-order valence-electron chi connectivity index (χ0n) is 9.70. The fourth-order valence-electron chi connectivity index (χ4n) is 2.28. The van der Waals surface area contributed by atoms with Crippen molar-refractivity contribution in [2.24, 2.45) is 0 Å². The fourth-order valence-corrected chi connectivity index (χ4v) is 2.28. The van der Waals surface area contributed by atoms with E-state index in [1.54, 1.807) is 10.8 Å². The van der Waals surface area contributed by atoms with Gasteiger partial charge in [0.15, 0.2) is 6.29 Å². The zero-order valence-corrected chi connectivity index (χ0v) is 9.70. The monoisotopic (exact) mass is 247 g/mol. The van der Waals surface area contributed by atoms with E-state index in [0.29, 0.717) is 13.2 Å². The van der Waals surface area contributed by atoms with Gasteiger partial charge in [0.2, 0.25) is 0 Å². The summed E-state index contributed by atoms with van der Waals surface area (Å²) >= 11 is 0. The van der Waals surface area contributed by atoms with Crippen LogP contribution in [0, 0.1) is 0 Å². The molecule has 1 aromatic carbocycles. The second-order valence-electron chi connectivity index (χ2n) is 4.20. The van der Waals surface area contributed by atoms with Gasteiger partial charge >= 0.3 is 5.97 Å². The van der Waals surface area contributed by atoms with Crippen molar-refractivity contribution in [2.45, 2.75) is 12.8 Å². The molecule has 1 N–H and O–H groups in total. The van der Waals surface area contributed by atoms with E-state index in [9.17, 15) is 4.79 Å². The number of carbonyl (C=O) groups is 1. The molecule has 1 fully saturated rings.